The summed E-state index contributed by atoms with van der Waals surface area (Å²) < 4.78 is 11.2. The predicted octanol–water partition coefficient (Wildman–Crippen LogP) is 3.34. The fourth-order valence-corrected chi connectivity index (χ4v) is 4.80. The van der Waals surface area contributed by atoms with Gasteiger partial charge in [0.1, 0.15) is 15.6 Å². The quantitative estimate of drug-likeness (QED) is 0.207. The molecule has 0 radical (unpaired) electrons. The number of nitrogens with zero attached hydrogens (tertiary/aromatic N) is 2. The number of oxazole rings is 1. The highest BCUT2D eigenvalue weighted by Gasteiger charge is 2.31. The van der Waals surface area contributed by atoms with Gasteiger partial charge in [-0.15, -0.1) is 0 Å². The molecule has 170 valence electrons. The van der Waals surface area contributed by atoms with E-state index < -0.39 is 5.91 Å². The number of fused-ring (bicyclic) bond motifs is 1. The summed E-state index contributed by atoms with van der Waals surface area (Å²) in [7, 11) is 0. The molecular weight excluding hydrogens is 484 g/mol. The summed E-state index contributed by atoms with van der Waals surface area (Å²) in [5.74, 6) is -0.375. The van der Waals surface area contributed by atoms with Crippen molar-refractivity contribution in [3.8, 4) is 0 Å². The summed E-state index contributed by atoms with van der Waals surface area (Å²) in [6.45, 7) is 0.301. The summed E-state index contributed by atoms with van der Waals surface area (Å²) in [5.41, 5.74) is 6.08. The summed E-state index contributed by atoms with van der Waals surface area (Å²) in [4.78, 5) is 42.7. The number of amides is 3. The monoisotopic (exact) mass is 502 g/mol. The third kappa shape index (κ3) is 6.03. The van der Waals surface area contributed by atoms with Crippen LogP contribution in [0.4, 0.5) is 0 Å². The molecule has 0 saturated carbocycles. The maximum atomic E-state index is 12.5. The average Bonchev–Trinajstić information content (AvgIpc) is 3.52. The smallest absolute Gasteiger partial charge is 0.266 e. The van der Waals surface area contributed by atoms with E-state index in [1.165, 1.54) is 22.9 Å². The zero-order valence-corrected chi connectivity index (χ0v) is 19.6. The number of hydrazine groups is 1. The fourth-order valence-electron chi connectivity index (χ4n) is 2.87. The molecule has 4 rings (SSSR count). The van der Waals surface area contributed by atoms with Crippen LogP contribution in [-0.4, -0.2) is 44.2 Å². The minimum atomic E-state index is -0.393. The van der Waals surface area contributed by atoms with Gasteiger partial charge < -0.3 is 8.83 Å². The molecule has 1 aliphatic rings. The van der Waals surface area contributed by atoms with Gasteiger partial charge in [0, 0.05) is 19.0 Å². The van der Waals surface area contributed by atoms with Crippen LogP contribution in [-0.2, 0) is 14.4 Å². The van der Waals surface area contributed by atoms with Crippen molar-refractivity contribution in [1.82, 2.24) is 20.7 Å². The number of carbonyl (C=O) groups is 3. The van der Waals surface area contributed by atoms with Crippen LogP contribution in [0.1, 0.15) is 18.6 Å². The Kier molecular flexibility index (Phi) is 7.47. The van der Waals surface area contributed by atoms with Gasteiger partial charge in [0.05, 0.1) is 16.9 Å². The van der Waals surface area contributed by atoms with Crippen LogP contribution in [0.25, 0.3) is 17.2 Å². The van der Waals surface area contributed by atoms with E-state index in [4.69, 9.17) is 21.1 Å². The van der Waals surface area contributed by atoms with Gasteiger partial charge in [-0.1, -0.05) is 47.9 Å². The second-order valence-electron chi connectivity index (χ2n) is 6.78. The Morgan fingerprint density at radius 2 is 2.00 bits per heavy atom. The van der Waals surface area contributed by atoms with Gasteiger partial charge in [-0.05, 0) is 30.7 Å². The Balaban J connectivity index is 1.15. The molecule has 1 saturated heterocycles. The second kappa shape index (κ2) is 10.7. The van der Waals surface area contributed by atoms with E-state index in [2.05, 4.69) is 15.8 Å². The minimum absolute atomic E-state index is 0.0334. The van der Waals surface area contributed by atoms with E-state index in [0.29, 0.717) is 44.3 Å². The van der Waals surface area contributed by atoms with E-state index in [-0.39, 0.29) is 24.0 Å². The van der Waals surface area contributed by atoms with Crippen LogP contribution in [0, 0.1) is 0 Å². The molecule has 2 N–H and O–H groups in total. The van der Waals surface area contributed by atoms with Gasteiger partial charge in [-0.25, -0.2) is 4.98 Å². The first-order valence-corrected chi connectivity index (χ1v) is 12.1. The van der Waals surface area contributed by atoms with Gasteiger partial charge in [0.15, 0.2) is 5.58 Å². The topological polar surface area (TPSA) is 118 Å². The molecule has 1 aromatic carbocycles. The van der Waals surface area contributed by atoms with Crippen molar-refractivity contribution < 1.29 is 23.2 Å². The van der Waals surface area contributed by atoms with Crippen LogP contribution >= 0.6 is 35.7 Å². The standard InChI is InChI=1S/C21H18N4O5S3/c26-17(23-24-18(27)12-32-20-22-14-6-1-2-7-15(14)30-20)8-3-9-25-19(28)16(33-21(25)31)11-13-5-4-10-29-13/h1-2,4-7,10-11H,3,8-9,12H2,(H,23,26)(H,24,27). The Morgan fingerprint density at radius 1 is 1.18 bits per heavy atom. The number of thioether (sulfide) groups is 2. The summed E-state index contributed by atoms with van der Waals surface area (Å²) >= 11 is 7.59. The van der Waals surface area contributed by atoms with Crippen molar-refractivity contribution in [2.75, 3.05) is 12.3 Å². The molecule has 0 aliphatic carbocycles. The van der Waals surface area contributed by atoms with Crippen LogP contribution in [0.2, 0.25) is 0 Å². The number of para-hydroxylation sites is 2. The number of nitrogens with one attached hydrogen (secondary N) is 2. The number of carbonyl (C=O) groups excluding carboxylic acids is 3. The lowest BCUT2D eigenvalue weighted by atomic mass is 10.3. The largest absolute Gasteiger partial charge is 0.465 e. The first-order chi connectivity index (χ1) is 16.0. The van der Waals surface area contributed by atoms with Crippen LogP contribution in [0.15, 0.2) is 61.6 Å². The predicted molar refractivity (Wildman–Crippen MR) is 129 cm³/mol. The highest BCUT2D eigenvalue weighted by Crippen LogP contribution is 2.32. The number of benzene rings is 1. The Labute approximate surface area is 202 Å². The molecular formula is C21H18N4O5S3. The number of hydrogen-bond acceptors (Lipinski definition) is 9. The first-order valence-electron chi connectivity index (χ1n) is 9.84. The molecule has 0 bridgehead atoms. The van der Waals surface area contributed by atoms with E-state index in [1.54, 1.807) is 24.3 Å². The Bertz CT molecular complexity index is 1190. The van der Waals surface area contributed by atoms with Gasteiger partial charge in [0.25, 0.3) is 11.1 Å². The first kappa shape index (κ1) is 23.1. The maximum absolute atomic E-state index is 12.5. The van der Waals surface area contributed by atoms with E-state index >= 15 is 0 Å². The normalized spacial score (nSPS) is 14.9. The molecule has 0 spiro atoms. The van der Waals surface area contributed by atoms with Crippen molar-refractivity contribution in [2.24, 2.45) is 0 Å². The highest BCUT2D eigenvalue weighted by atomic mass is 32.2. The highest BCUT2D eigenvalue weighted by molar-refractivity contribution is 8.26. The third-order valence-electron chi connectivity index (χ3n) is 4.42. The van der Waals surface area contributed by atoms with Crippen molar-refractivity contribution in [3.05, 3.63) is 53.3 Å². The second-order valence-corrected chi connectivity index (χ2v) is 9.39. The zero-order valence-electron chi connectivity index (χ0n) is 17.1. The number of aromatic nitrogens is 1. The summed E-state index contributed by atoms with van der Waals surface area (Å²) in [6.07, 6.45) is 3.67. The van der Waals surface area contributed by atoms with Crippen LogP contribution in [0.3, 0.4) is 0 Å². The third-order valence-corrected chi connectivity index (χ3v) is 6.62. The molecule has 1 aliphatic heterocycles. The molecule has 2 aromatic heterocycles. The number of rotatable bonds is 8. The molecule has 33 heavy (non-hydrogen) atoms. The lowest BCUT2D eigenvalue weighted by Crippen LogP contribution is -2.42. The fraction of sp³-hybridized carbons (Fsp3) is 0.190. The van der Waals surface area contributed by atoms with Gasteiger partial charge in [-0.3, -0.25) is 30.1 Å². The molecule has 12 heteroatoms. The molecule has 3 heterocycles. The Morgan fingerprint density at radius 3 is 2.79 bits per heavy atom. The van der Waals surface area contributed by atoms with Crippen molar-refractivity contribution in [1.29, 1.82) is 0 Å². The van der Waals surface area contributed by atoms with Crippen LogP contribution in [0.5, 0.6) is 0 Å². The minimum Gasteiger partial charge on any atom is -0.465 e. The number of thiocarbonyl (C=S) groups is 1. The SMILES string of the molecule is O=C(CCCN1C(=O)C(=Cc2ccco2)SC1=S)NNC(=O)CSc1nc2ccccc2o1. The molecule has 3 amide bonds. The van der Waals surface area contributed by atoms with E-state index in [9.17, 15) is 14.4 Å². The van der Waals surface area contributed by atoms with Gasteiger partial charge >= 0.3 is 0 Å². The van der Waals surface area contributed by atoms with E-state index in [0.717, 1.165) is 11.8 Å². The molecule has 9 nitrogen and oxygen atoms in total. The van der Waals surface area contributed by atoms with Crippen LogP contribution < -0.4 is 10.9 Å². The number of furan rings is 1. The average molecular weight is 503 g/mol. The molecule has 3 aromatic rings. The van der Waals surface area contributed by atoms with Crippen molar-refractivity contribution in [2.45, 2.75) is 18.1 Å². The summed E-state index contributed by atoms with van der Waals surface area (Å²) in [6, 6.07) is 10.8. The van der Waals surface area contributed by atoms with Gasteiger partial charge in [-0.2, -0.15) is 0 Å². The maximum Gasteiger partial charge on any atom is 0.266 e. The van der Waals surface area contributed by atoms with Crippen molar-refractivity contribution in [3.63, 3.8) is 0 Å². The molecule has 0 unspecified atom stereocenters. The lowest BCUT2D eigenvalue weighted by molar-refractivity contribution is -0.128. The van der Waals surface area contributed by atoms with Crippen molar-refractivity contribution >= 4 is 75.0 Å². The van der Waals surface area contributed by atoms with E-state index in [1.807, 2.05) is 18.2 Å². The zero-order chi connectivity index (χ0) is 23.2. The van der Waals surface area contributed by atoms with Gasteiger partial charge in [0.2, 0.25) is 11.8 Å². The lowest BCUT2D eigenvalue weighted by Gasteiger charge is -2.14. The summed E-state index contributed by atoms with van der Waals surface area (Å²) in [5, 5.41) is 0.377. The number of hydrogen-bond donors (Lipinski definition) is 2. The Hall–Kier alpha value is -3.09. The molecule has 1 fully saturated rings. The molecule has 0 atom stereocenters.